The van der Waals surface area contributed by atoms with Gasteiger partial charge in [-0.3, -0.25) is 4.79 Å². The molecule has 1 aliphatic rings. The topological polar surface area (TPSA) is 83.5 Å². The van der Waals surface area contributed by atoms with E-state index in [9.17, 15) is 13.2 Å². The normalized spacial score (nSPS) is 16.0. The zero-order chi connectivity index (χ0) is 20.4. The zero-order valence-electron chi connectivity index (χ0n) is 15.2. The van der Waals surface area contributed by atoms with Crippen molar-refractivity contribution >= 4 is 56.4 Å². The highest BCUT2D eigenvalue weighted by atomic mass is 35.5. The molecule has 0 saturated carbocycles. The molecule has 0 radical (unpaired) electrons. The van der Waals surface area contributed by atoms with Crippen molar-refractivity contribution < 1.29 is 13.2 Å². The second-order valence-corrected chi connectivity index (χ2v) is 9.37. The van der Waals surface area contributed by atoms with E-state index in [0.717, 1.165) is 17.3 Å². The van der Waals surface area contributed by atoms with E-state index in [2.05, 4.69) is 8.75 Å². The second kappa shape index (κ2) is 8.19. The average Bonchev–Trinajstić information content (AvgIpc) is 3.22. The Morgan fingerprint density at radius 3 is 2.48 bits per heavy atom. The summed E-state index contributed by atoms with van der Waals surface area (Å²) in [6.45, 7) is 1.12. The Hall–Kier alpha value is -2.33. The summed E-state index contributed by atoms with van der Waals surface area (Å²) in [5, 5.41) is 0.634. The van der Waals surface area contributed by atoms with E-state index < -0.39 is 10.0 Å². The summed E-state index contributed by atoms with van der Waals surface area (Å²) in [6.07, 6.45) is 3.22. The number of rotatable bonds is 4. The van der Waals surface area contributed by atoms with Crippen molar-refractivity contribution in [2.24, 2.45) is 0 Å². The van der Waals surface area contributed by atoms with Crippen LogP contribution in [0.25, 0.3) is 17.1 Å². The lowest BCUT2D eigenvalue weighted by atomic mass is 10.2. The third-order valence-electron chi connectivity index (χ3n) is 4.71. The van der Waals surface area contributed by atoms with Crippen molar-refractivity contribution in [1.82, 2.24) is 18.0 Å². The van der Waals surface area contributed by atoms with E-state index in [4.69, 9.17) is 11.6 Å². The fourth-order valence-corrected chi connectivity index (χ4v) is 5.42. The van der Waals surface area contributed by atoms with Gasteiger partial charge in [-0.1, -0.05) is 29.8 Å². The number of fused-ring (bicyclic) bond motifs is 1. The number of carbonyl (C=O) groups is 1. The van der Waals surface area contributed by atoms with Gasteiger partial charge >= 0.3 is 0 Å². The Labute approximate surface area is 177 Å². The predicted octanol–water partition coefficient (Wildman–Crippen LogP) is 2.89. The number of nitrogens with zero attached hydrogens (tertiary/aromatic N) is 4. The first-order valence-electron chi connectivity index (χ1n) is 8.89. The number of sulfonamides is 1. The highest BCUT2D eigenvalue weighted by Crippen LogP contribution is 2.25. The standard InChI is InChI=1S/C19H17ClN4O3S2/c20-15-7-4-14(5-8-15)6-9-18(25)23-10-12-24(13-11-23)29(26,27)17-3-1-2-16-19(17)22-28-21-16/h1-9H,10-13H2/b9-6+. The summed E-state index contributed by atoms with van der Waals surface area (Å²) in [6, 6.07) is 12.1. The Bertz CT molecular complexity index is 1170. The molecule has 0 bridgehead atoms. The molecule has 1 saturated heterocycles. The van der Waals surface area contributed by atoms with Crippen molar-refractivity contribution in [3.8, 4) is 0 Å². The van der Waals surface area contributed by atoms with Crippen LogP contribution in [0.1, 0.15) is 5.56 Å². The number of carbonyl (C=O) groups excluding carboxylic acids is 1. The van der Waals surface area contributed by atoms with Gasteiger partial charge in [-0.05, 0) is 35.9 Å². The minimum absolute atomic E-state index is 0.150. The minimum atomic E-state index is -3.70. The molecule has 10 heteroatoms. The van der Waals surface area contributed by atoms with Crippen molar-refractivity contribution in [3.63, 3.8) is 0 Å². The number of piperazine rings is 1. The molecule has 2 heterocycles. The molecule has 0 aliphatic carbocycles. The molecular formula is C19H17ClN4O3S2. The van der Waals surface area contributed by atoms with E-state index >= 15 is 0 Å². The number of hydrogen-bond acceptors (Lipinski definition) is 6. The molecule has 4 rings (SSSR count). The summed E-state index contributed by atoms with van der Waals surface area (Å²) in [4.78, 5) is 14.2. The molecule has 0 atom stereocenters. The summed E-state index contributed by atoms with van der Waals surface area (Å²) in [7, 11) is -3.70. The van der Waals surface area contributed by atoms with Crippen LogP contribution in [-0.4, -0.2) is 58.5 Å². The first-order chi connectivity index (χ1) is 13.9. The molecule has 1 aliphatic heterocycles. The minimum Gasteiger partial charge on any atom is -0.337 e. The summed E-state index contributed by atoms with van der Waals surface area (Å²) in [5.74, 6) is -0.150. The zero-order valence-corrected chi connectivity index (χ0v) is 17.6. The average molecular weight is 449 g/mol. The molecule has 0 unspecified atom stereocenters. The molecule has 3 aromatic rings. The fraction of sp³-hybridized carbons (Fsp3) is 0.211. The van der Waals surface area contributed by atoms with Crippen LogP contribution in [0.4, 0.5) is 0 Å². The van der Waals surface area contributed by atoms with Gasteiger partial charge in [0.1, 0.15) is 15.9 Å². The van der Waals surface area contributed by atoms with Gasteiger partial charge in [0.05, 0.1) is 11.7 Å². The third-order valence-corrected chi connectivity index (χ3v) is 7.43. The molecular weight excluding hydrogens is 432 g/mol. The molecule has 2 aromatic carbocycles. The van der Waals surface area contributed by atoms with Gasteiger partial charge in [-0.2, -0.15) is 13.1 Å². The van der Waals surface area contributed by atoms with Crippen LogP contribution in [0.2, 0.25) is 5.02 Å². The summed E-state index contributed by atoms with van der Waals surface area (Å²) < 4.78 is 35.7. The molecule has 1 fully saturated rings. The quantitative estimate of drug-likeness (QED) is 0.573. The monoisotopic (exact) mass is 448 g/mol. The second-order valence-electron chi connectivity index (χ2n) is 6.50. The Kier molecular flexibility index (Phi) is 5.64. The van der Waals surface area contributed by atoms with Crippen LogP contribution in [0, 0.1) is 0 Å². The maximum absolute atomic E-state index is 13.0. The molecule has 1 aromatic heterocycles. The maximum atomic E-state index is 13.0. The van der Waals surface area contributed by atoms with Gasteiger partial charge in [0, 0.05) is 37.3 Å². The van der Waals surface area contributed by atoms with Crippen LogP contribution < -0.4 is 0 Å². The fourth-order valence-electron chi connectivity index (χ4n) is 3.12. The van der Waals surface area contributed by atoms with Gasteiger partial charge < -0.3 is 4.90 Å². The lowest BCUT2D eigenvalue weighted by molar-refractivity contribution is -0.127. The largest absolute Gasteiger partial charge is 0.337 e. The van der Waals surface area contributed by atoms with Crippen LogP contribution in [0.3, 0.4) is 0 Å². The Morgan fingerprint density at radius 1 is 1.03 bits per heavy atom. The smallest absolute Gasteiger partial charge is 0.246 e. The first-order valence-corrected chi connectivity index (χ1v) is 11.4. The molecule has 0 N–H and O–H groups in total. The van der Waals surface area contributed by atoms with Gasteiger partial charge in [0.25, 0.3) is 0 Å². The van der Waals surface area contributed by atoms with Crippen LogP contribution in [0.15, 0.2) is 53.4 Å². The summed E-state index contributed by atoms with van der Waals surface area (Å²) in [5.41, 5.74) is 1.83. The third kappa shape index (κ3) is 4.18. The SMILES string of the molecule is O=C(/C=C/c1ccc(Cl)cc1)N1CCN(S(=O)(=O)c2cccc3nsnc23)CC1. The predicted molar refractivity (Wildman–Crippen MR) is 113 cm³/mol. The van der Waals surface area contributed by atoms with E-state index in [1.807, 2.05) is 12.1 Å². The summed E-state index contributed by atoms with van der Waals surface area (Å²) >= 11 is 6.84. The van der Waals surface area contributed by atoms with Gasteiger partial charge in [-0.15, -0.1) is 0 Å². The van der Waals surface area contributed by atoms with Crippen molar-refractivity contribution in [1.29, 1.82) is 0 Å². The van der Waals surface area contributed by atoms with Crippen LogP contribution >= 0.6 is 23.3 Å². The molecule has 29 heavy (non-hydrogen) atoms. The van der Waals surface area contributed by atoms with E-state index in [-0.39, 0.29) is 23.9 Å². The lowest BCUT2D eigenvalue weighted by Crippen LogP contribution is -2.50. The number of amides is 1. The van der Waals surface area contributed by atoms with Crippen molar-refractivity contribution in [3.05, 3.63) is 59.1 Å². The van der Waals surface area contributed by atoms with Crippen LogP contribution in [-0.2, 0) is 14.8 Å². The number of benzene rings is 2. The molecule has 0 spiro atoms. The van der Waals surface area contributed by atoms with E-state index in [0.29, 0.717) is 29.1 Å². The van der Waals surface area contributed by atoms with Crippen LogP contribution in [0.5, 0.6) is 0 Å². The van der Waals surface area contributed by atoms with Gasteiger partial charge in [0.15, 0.2) is 0 Å². The Balaban J connectivity index is 1.43. The maximum Gasteiger partial charge on any atom is 0.246 e. The first kappa shape index (κ1) is 20.0. The highest BCUT2D eigenvalue weighted by molar-refractivity contribution is 7.89. The Morgan fingerprint density at radius 2 is 1.76 bits per heavy atom. The number of aromatic nitrogens is 2. The van der Waals surface area contributed by atoms with E-state index in [1.165, 1.54) is 10.4 Å². The van der Waals surface area contributed by atoms with Gasteiger partial charge in [-0.25, -0.2) is 8.42 Å². The highest BCUT2D eigenvalue weighted by Gasteiger charge is 2.31. The van der Waals surface area contributed by atoms with Crippen molar-refractivity contribution in [2.45, 2.75) is 4.90 Å². The molecule has 150 valence electrons. The van der Waals surface area contributed by atoms with Crippen molar-refractivity contribution in [2.75, 3.05) is 26.2 Å². The number of halogens is 1. The molecule has 7 nitrogen and oxygen atoms in total. The number of hydrogen-bond donors (Lipinski definition) is 0. The van der Waals surface area contributed by atoms with E-state index in [1.54, 1.807) is 41.3 Å². The molecule has 1 amide bonds. The van der Waals surface area contributed by atoms with Gasteiger partial charge in [0.2, 0.25) is 15.9 Å². The lowest BCUT2D eigenvalue weighted by Gasteiger charge is -2.33.